The van der Waals surface area contributed by atoms with Gasteiger partial charge < -0.3 is 4.74 Å². The predicted molar refractivity (Wildman–Crippen MR) is 201 cm³/mol. The molecular weight excluding hydrogens is 581 g/mol. The molecule has 0 unspecified atom stereocenters. The van der Waals surface area contributed by atoms with Crippen LogP contribution in [-0.2, 0) is 6.42 Å². The fraction of sp³-hybridized carbons (Fsp3) is 0.0213. The van der Waals surface area contributed by atoms with E-state index in [2.05, 4.69) is 152 Å². The maximum atomic E-state index is 6.40. The fourth-order valence-electron chi connectivity index (χ4n) is 8.55. The van der Waals surface area contributed by atoms with Crippen molar-refractivity contribution >= 4 is 43.1 Å². The first-order valence-electron chi connectivity index (χ1n) is 16.7. The average molecular weight is 609 g/mol. The smallest absolute Gasteiger partial charge is 0.135 e. The second-order valence-electron chi connectivity index (χ2n) is 13.2. The van der Waals surface area contributed by atoms with Gasteiger partial charge >= 0.3 is 0 Å². The molecule has 0 saturated heterocycles. The summed E-state index contributed by atoms with van der Waals surface area (Å²) >= 11 is 0. The van der Waals surface area contributed by atoms with E-state index < -0.39 is 0 Å². The minimum Gasteiger partial charge on any atom is -0.456 e. The van der Waals surface area contributed by atoms with Gasteiger partial charge in [0.1, 0.15) is 11.5 Å². The van der Waals surface area contributed by atoms with Gasteiger partial charge in [0.05, 0.1) is 0 Å². The molecule has 1 nitrogen and oxygen atoms in total. The molecular formula is C47H28O. The molecule has 1 heterocycles. The maximum Gasteiger partial charge on any atom is 0.135 e. The van der Waals surface area contributed by atoms with E-state index in [0.717, 1.165) is 23.5 Å². The zero-order chi connectivity index (χ0) is 31.3. The van der Waals surface area contributed by atoms with Crippen molar-refractivity contribution in [1.82, 2.24) is 0 Å². The standard InChI is InChI=1S/C47H28O/c1-2-10-31-28(9-1)25-42-32(14-7-15-34(31)42)29-19-21-37-38-22-20-30(27-44(38)36-12-4-3-11-35(36)43(37)26-29)33-23-24-46-47-40(33)16-8-17-41(47)39-13-5-6-18-45(39)48-46/h1-24,26-27H,25H2. The van der Waals surface area contributed by atoms with Crippen LogP contribution in [0.4, 0.5) is 0 Å². The Morgan fingerprint density at radius 1 is 0.333 bits per heavy atom. The van der Waals surface area contributed by atoms with Crippen LogP contribution >= 0.6 is 0 Å². The lowest BCUT2D eigenvalue weighted by Crippen LogP contribution is -1.97. The number of ether oxygens (including phenoxy) is 1. The van der Waals surface area contributed by atoms with Crippen molar-refractivity contribution in [2.45, 2.75) is 6.42 Å². The van der Waals surface area contributed by atoms with Crippen molar-refractivity contribution < 1.29 is 4.74 Å². The van der Waals surface area contributed by atoms with Crippen molar-refractivity contribution in [1.29, 1.82) is 0 Å². The van der Waals surface area contributed by atoms with E-state index in [4.69, 9.17) is 4.74 Å². The van der Waals surface area contributed by atoms with Gasteiger partial charge in [-0.05, 0) is 118 Å². The topological polar surface area (TPSA) is 9.23 Å². The molecule has 0 fully saturated rings. The minimum atomic E-state index is 0.916. The molecule has 0 N–H and O–H groups in total. The number of rotatable bonds is 2. The largest absolute Gasteiger partial charge is 0.456 e. The first kappa shape index (κ1) is 25.9. The first-order chi connectivity index (χ1) is 23.8. The zero-order valence-corrected chi connectivity index (χ0v) is 26.1. The Kier molecular flexibility index (Phi) is 5.23. The molecule has 0 saturated carbocycles. The number of para-hydroxylation sites is 1. The number of benzene rings is 9. The van der Waals surface area contributed by atoms with Gasteiger partial charge in [0.25, 0.3) is 0 Å². The monoisotopic (exact) mass is 608 g/mol. The van der Waals surface area contributed by atoms with Crippen LogP contribution < -0.4 is 4.74 Å². The summed E-state index contributed by atoms with van der Waals surface area (Å²) in [7, 11) is 0. The molecule has 1 heteroatoms. The Hall–Kier alpha value is -6.18. The summed E-state index contributed by atoms with van der Waals surface area (Å²) in [5.74, 6) is 1.84. The Bertz CT molecular complexity index is 2820. The summed E-state index contributed by atoms with van der Waals surface area (Å²) < 4.78 is 6.40. The highest BCUT2D eigenvalue weighted by Gasteiger charge is 2.23. The fourth-order valence-corrected chi connectivity index (χ4v) is 8.55. The highest BCUT2D eigenvalue weighted by molar-refractivity contribution is 6.26. The summed E-state index contributed by atoms with van der Waals surface area (Å²) in [6, 6.07) is 58.0. The normalized spacial score (nSPS) is 12.7. The summed E-state index contributed by atoms with van der Waals surface area (Å²) in [5, 5.41) is 10.1. The molecule has 1 aliphatic heterocycles. The second kappa shape index (κ2) is 9.67. The molecule has 48 heavy (non-hydrogen) atoms. The van der Waals surface area contributed by atoms with Crippen molar-refractivity contribution in [3.8, 4) is 56.0 Å². The third-order valence-electron chi connectivity index (χ3n) is 10.7. The van der Waals surface area contributed by atoms with Gasteiger partial charge in [-0.2, -0.15) is 0 Å². The van der Waals surface area contributed by atoms with Gasteiger partial charge in [-0.25, -0.2) is 0 Å². The first-order valence-corrected chi connectivity index (χ1v) is 16.7. The lowest BCUT2D eigenvalue weighted by molar-refractivity contribution is 0.487. The molecule has 222 valence electrons. The van der Waals surface area contributed by atoms with Crippen molar-refractivity contribution in [3.63, 3.8) is 0 Å². The predicted octanol–water partition coefficient (Wildman–Crippen LogP) is 13.0. The molecule has 0 aromatic heterocycles. The van der Waals surface area contributed by atoms with Gasteiger partial charge in [-0.3, -0.25) is 0 Å². The molecule has 11 rings (SSSR count). The van der Waals surface area contributed by atoms with E-state index in [1.54, 1.807) is 0 Å². The van der Waals surface area contributed by atoms with Crippen LogP contribution in [0.1, 0.15) is 11.1 Å². The second-order valence-corrected chi connectivity index (χ2v) is 13.2. The Labute approximate surface area is 278 Å². The zero-order valence-electron chi connectivity index (χ0n) is 26.1. The molecule has 9 aromatic carbocycles. The van der Waals surface area contributed by atoms with Crippen LogP contribution in [0.25, 0.3) is 87.6 Å². The van der Waals surface area contributed by atoms with E-state index in [1.807, 2.05) is 6.07 Å². The van der Waals surface area contributed by atoms with E-state index in [1.165, 1.54) is 93.2 Å². The van der Waals surface area contributed by atoms with Crippen molar-refractivity contribution in [3.05, 3.63) is 169 Å². The molecule has 2 aliphatic rings. The summed E-state index contributed by atoms with van der Waals surface area (Å²) in [5.41, 5.74) is 13.0. The van der Waals surface area contributed by atoms with Crippen LogP contribution in [-0.4, -0.2) is 0 Å². The van der Waals surface area contributed by atoms with Gasteiger partial charge in [0.15, 0.2) is 0 Å². The lowest BCUT2D eigenvalue weighted by atomic mass is 9.87. The van der Waals surface area contributed by atoms with Crippen LogP contribution in [0.15, 0.2) is 158 Å². The van der Waals surface area contributed by atoms with E-state index in [9.17, 15) is 0 Å². The van der Waals surface area contributed by atoms with E-state index in [-0.39, 0.29) is 0 Å². The van der Waals surface area contributed by atoms with Gasteiger partial charge in [0, 0.05) is 10.9 Å². The summed E-state index contributed by atoms with van der Waals surface area (Å²) in [6.45, 7) is 0. The Morgan fingerprint density at radius 3 is 1.73 bits per heavy atom. The van der Waals surface area contributed by atoms with E-state index in [0.29, 0.717) is 0 Å². The highest BCUT2D eigenvalue weighted by atomic mass is 16.5. The Morgan fingerprint density at radius 2 is 0.917 bits per heavy atom. The van der Waals surface area contributed by atoms with Gasteiger partial charge in [-0.15, -0.1) is 0 Å². The summed E-state index contributed by atoms with van der Waals surface area (Å²) in [4.78, 5) is 0. The third-order valence-corrected chi connectivity index (χ3v) is 10.7. The van der Waals surface area contributed by atoms with Crippen molar-refractivity contribution in [2.24, 2.45) is 0 Å². The highest BCUT2D eigenvalue weighted by Crippen LogP contribution is 2.49. The van der Waals surface area contributed by atoms with Gasteiger partial charge in [0.2, 0.25) is 0 Å². The third kappa shape index (κ3) is 3.56. The molecule has 0 amide bonds. The quantitative estimate of drug-likeness (QED) is 0.177. The molecule has 0 bridgehead atoms. The number of hydrogen-bond donors (Lipinski definition) is 0. The lowest BCUT2D eigenvalue weighted by Gasteiger charge is -2.22. The van der Waals surface area contributed by atoms with E-state index >= 15 is 0 Å². The minimum absolute atomic E-state index is 0.916. The number of fused-ring (bicyclic) bond motifs is 11. The van der Waals surface area contributed by atoms with Crippen LogP contribution in [0.2, 0.25) is 0 Å². The van der Waals surface area contributed by atoms with Crippen LogP contribution in [0.3, 0.4) is 0 Å². The molecule has 0 atom stereocenters. The van der Waals surface area contributed by atoms with Crippen LogP contribution in [0.5, 0.6) is 11.5 Å². The number of hydrogen-bond acceptors (Lipinski definition) is 1. The van der Waals surface area contributed by atoms with Crippen molar-refractivity contribution in [2.75, 3.05) is 0 Å². The Balaban J connectivity index is 1.11. The summed E-state index contributed by atoms with van der Waals surface area (Å²) in [6.07, 6.45) is 0.983. The average Bonchev–Trinajstić information content (AvgIpc) is 3.54. The molecule has 0 radical (unpaired) electrons. The van der Waals surface area contributed by atoms with Gasteiger partial charge in [-0.1, -0.05) is 133 Å². The molecule has 9 aromatic rings. The van der Waals surface area contributed by atoms with Crippen LogP contribution in [0, 0.1) is 0 Å². The molecule has 1 aliphatic carbocycles. The molecule has 0 spiro atoms. The maximum absolute atomic E-state index is 6.40. The SMILES string of the molecule is c1ccc2c(c1)Cc1c(-c3ccc4c5ccc(-c6ccc7c8c(cccc68)-c6ccccc6O7)cc5c5ccccc5c4c3)cccc1-2.